The van der Waals surface area contributed by atoms with Crippen LogP contribution in [0.4, 0.5) is 0 Å². The number of nitrogens with two attached hydrogens (primary N) is 1. The van der Waals surface area contributed by atoms with Crippen LogP contribution in [0.5, 0.6) is 11.5 Å². The molecule has 0 bridgehead atoms. The van der Waals surface area contributed by atoms with Crippen LogP contribution in [0.25, 0.3) is 0 Å². The predicted octanol–water partition coefficient (Wildman–Crippen LogP) is 8.82. The second kappa shape index (κ2) is 15.6. The monoisotopic (exact) mass is 501 g/mol. The van der Waals surface area contributed by atoms with Gasteiger partial charge in [-0.05, 0) is 77.0 Å². The highest BCUT2D eigenvalue weighted by molar-refractivity contribution is 5.79. The van der Waals surface area contributed by atoms with Gasteiger partial charge in [0.05, 0.1) is 0 Å². The van der Waals surface area contributed by atoms with Crippen molar-refractivity contribution in [2.24, 2.45) is 5.73 Å². The normalized spacial score (nSPS) is 18.0. The number of carbonyl (C=O) groups is 1. The van der Waals surface area contributed by atoms with Crippen molar-refractivity contribution >= 4 is 5.97 Å². The smallest absolute Gasteiger partial charge is 0.328 e. The van der Waals surface area contributed by atoms with Crippen LogP contribution in [-0.4, -0.2) is 17.6 Å². The van der Waals surface area contributed by atoms with Crippen molar-refractivity contribution in [1.29, 1.82) is 0 Å². The summed E-state index contributed by atoms with van der Waals surface area (Å²) in [6.07, 6.45) is 22.4. The molecule has 1 unspecified atom stereocenters. The van der Waals surface area contributed by atoms with Gasteiger partial charge in [0.25, 0.3) is 0 Å². The molecule has 0 saturated carbocycles. The van der Waals surface area contributed by atoms with Gasteiger partial charge < -0.3 is 15.2 Å². The molecule has 4 nitrogen and oxygen atoms in total. The third-order valence-corrected chi connectivity index (χ3v) is 8.20. The van der Waals surface area contributed by atoms with Crippen LogP contribution in [-0.2, 0) is 11.2 Å². The van der Waals surface area contributed by atoms with E-state index in [1.165, 1.54) is 95.5 Å². The van der Waals surface area contributed by atoms with E-state index < -0.39 is 6.04 Å². The van der Waals surface area contributed by atoms with Crippen LogP contribution >= 0.6 is 0 Å². The maximum Gasteiger partial charge on any atom is 0.328 e. The number of esters is 1. The number of hydrogen-bond donors (Lipinski definition) is 1. The Morgan fingerprint density at radius 1 is 0.861 bits per heavy atom. The molecule has 0 fully saturated rings. The number of benzene rings is 1. The lowest BCUT2D eigenvalue weighted by Gasteiger charge is -2.38. The maximum absolute atomic E-state index is 12.1. The Bertz CT molecular complexity index is 816. The summed E-state index contributed by atoms with van der Waals surface area (Å²) >= 11 is 0. The van der Waals surface area contributed by atoms with Crippen LogP contribution in [0.3, 0.4) is 0 Å². The van der Waals surface area contributed by atoms with Crippen LogP contribution in [0.1, 0.15) is 146 Å². The SMILES string of the molecule is CCCCCCCCCCCCCCCC[C@]1(C)CCc2c(C)c(OC(=O)C(C)N)c(C)c(C)c2O1. The van der Waals surface area contributed by atoms with Gasteiger partial charge >= 0.3 is 5.97 Å². The van der Waals surface area contributed by atoms with Crippen LogP contribution in [0.2, 0.25) is 0 Å². The van der Waals surface area contributed by atoms with Gasteiger partial charge in [0.1, 0.15) is 23.1 Å². The molecule has 0 amide bonds. The number of carbonyl (C=O) groups excluding carboxylic acids is 1. The average Bonchev–Trinajstić information content (AvgIpc) is 2.85. The molecule has 1 aliphatic heterocycles. The van der Waals surface area contributed by atoms with Gasteiger partial charge in [0, 0.05) is 5.56 Å². The molecule has 2 N–H and O–H groups in total. The van der Waals surface area contributed by atoms with Crippen LogP contribution < -0.4 is 15.2 Å². The number of ether oxygens (including phenoxy) is 2. The Balaban J connectivity index is 1.70. The summed E-state index contributed by atoms with van der Waals surface area (Å²) < 4.78 is 12.3. The Morgan fingerprint density at radius 2 is 1.36 bits per heavy atom. The zero-order valence-electron chi connectivity index (χ0n) is 24.4. The van der Waals surface area contributed by atoms with Gasteiger partial charge in [-0.2, -0.15) is 0 Å². The van der Waals surface area contributed by atoms with Crippen molar-refractivity contribution in [2.75, 3.05) is 0 Å². The van der Waals surface area contributed by atoms with Gasteiger partial charge in [-0.25, -0.2) is 4.79 Å². The second-order valence-electron chi connectivity index (χ2n) is 11.6. The summed E-state index contributed by atoms with van der Waals surface area (Å²) in [5.74, 6) is 1.28. The molecule has 1 aromatic rings. The molecule has 1 heterocycles. The summed E-state index contributed by atoms with van der Waals surface area (Å²) in [5.41, 5.74) is 9.86. The van der Waals surface area contributed by atoms with Crippen LogP contribution in [0.15, 0.2) is 0 Å². The fourth-order valence-corrected chi connectivity index (χ4v) is 5.50. The van der Waals surface area contributed by atoms with E-state index in [2.05, 4.69) is 20.8 Å². The van der Waals surface area contributed by atoms with E-state index in [-0.39, 0.29) is 11.6 Å². The van der Waals surface area contributed by atoms with Crippen molar-refractivity contribution < 1.29 is 14.3 Å². The first-order chi connectivity index (χ1) is 17.2. The molecule has 2 rings (SSSR count). The molecule has 0 spiro atoms. The first-order valence-corrected chi connectivity index (χ1v) is 15.0. The molecule has 1 aromatic carbocycles. The van der Waals surface area contributed by atoms with Crippen molar-refractivity contribution in [1.82, 2.24) is 0 Å². The fraction of sp³-hybridized carbons (Fsp3) is 0.781. The van der Waals surface area contributed by atoms with Crippen molar-refractivity contribution in [2.45, 2.75) is 162 Å². The third kappa shape index (κ3) is 9.39. The quantitative estimate of drug-likeness (QED) is 0.132. The van der Waals surface area contributed by atoms with Crippen molar-refractivity contribution in [3.8, 4) is 11.5 Å². The fourth-order valence-electron chi connectivity index (χ4n) is 5.50. The first kappa shape index (κ1) is 30.7. The minimum atomic E-state index is -0.634. The summed E-state index contributed by atoms with van der Waals surface area (Å²) in [6, 6.07) is -0.634. The molecular formula is C32H55NO3. The van der Waals surface area contributed by atoms with Crippen molar-refractivity contribution in [3.63, 3.8) is 0 Å². The summed E-state index contributed by atoms with van der Waals surface area (Å²) in [6.45, 7) is 12.3. The van der Waals surface area contributed by atoms with Gasteiger partial charge in [-0.1, -0.05) is 90.4 Å². The topological polar surface area (TPSA) is 61.5 Å². The van der Waals surface area contributed by atoms with E-state index in [1.807, 2.05) is 13.8 Å². The molecule has 1 aliphatic rings. The van der Waals surface area contributed by atoms with E-state index >= 15 is 0 Å². The Hall–Kier alpha value is -1.55. The van der Waals surface area contributed by atoms with E-state index in [1.54, 1.807) is 6.92 Å². The number of hydrogen-bond acceptors (Lipinski definition) is 4. The zero-order chi connectivity index (χ0) is 26.6. The summed E-state index contributed by atoms with van der Waals surface area (Å²) in [5, 5.41) is 0. The van der Waals surface area contributed by atoms with Gasteiger partial charge in [-0.15, -0.1) is 0 Å². The summed E-state index contributed by atoms with van der Waals surface area (Å²) in [4.78, 5) is 12.1. The second-order valence-corrected chi connectivity index (χ2v) is 11.6. The largest absolute Gasteiger partial charge is 0.487 e. The van der Waals surface area contributed by atoms with E-state index in [9.17, 15) is 4.79 Å². The molecule has 0 saturated heterocycles. The lowest BCUT2D eigenvalue weighted by molar-refractivity contribution is -0.135. The highest BCUT2D eigenvalue weighted by Gasteiger charge is 2.34. The number of unbranched alkanes of at least 4 members (excludes halogenated alkanes) is 13. The van der Waals surface area contributed by atoms with E-state index in [0.29, 0.717) is 5.75 Å². The minimum absolute atomic E-state index is 0.113. The lowest BCUT2D eigenvalue weighted by Crippen LogP contribution is -2.37. The molecule has 0 aliphatic carbocycles. The van der Waals surface area contributed by atoms with Crippen molar-refractivity contribution in [3.05, 3.63) is 22.3 Å². The minimum Gasteiger partial charge on any atom is -0.487 e. The standard InChI is InChI=1S/C32H55NO3/c1-7-8-9-10-11-12-13-14-15-16-17-18-19-20-22-32(6)23-21-28-26(4)29(35-31(34)27(5)33)24(2)25(3)30(28)36-32/h27H,7-23,33H2,1-6H3/t27?,32-/m1/s1. The zero-order valence-corrected chi connectivity index (χ0v) is 24.4. The van der Waals surface area contributed by atoms with E-state index in [0.717, 1.165) is 41.7 Å². The molecule has 4 heteroatoms. The number of fused-ring (bicyclic) bond motifs is 1. The molecule has 36 heavy (non-hydrogen) atoms. The maximum atomic E-state index is 12.1. The average molecular weight is 502 g/mol. The first-order valence-electron chi connectivity index (χ1n) is 15.0. The molecular weight excluding hydrogens is 446 g/mol. The molecule has 0 aromatic heterocycles. The Morgan fingerprint density at radius 3 is 1.86 bits per heavy atom. The van der Waals surface area contributed by atoms with Gasteiger partial charge in [0.15, 0.2) is 0 Å². The highest BCUT2D eigenvalue weighted by Crippen LogP contribution is 2.45. The summed E-state index contributed by atoms with van der Waals surface area (Å²) in [7, 11) is 0. The predicted molar refractivity (Wildman–Crippen MR) is 152 cm³/mol. The number of rotatable bonds is 17. The van der Waals surface area contributed by atoms with E-state index in [4.69, 9.17) is 15.2 Å². The van der Waals surface area contributed by atoms with Crippen LogP contribution in [0, 0.1) is 20.8 Å². The Kier molecular flexibility index (Phi) is 13.3. The highest BCUT2D eigenvalue weighted by atomic mass is 16.5. The van der Waals surface area contributed by atoms with Gasteiger partial charge in [0.2, 0.25) is 0 Å². The Labute approximate surface area is 222 Å². The third-order valence-electron chi connectivity index (χ3n) is 8.20. The van der Waals surface area contributed by atoms with Gasteiger partial charge in [-0.3, -0.25) is 0 Å². The molecule has 0 radical (unpaired) electrons. The molecule has 2 atom stereocenters. The molecule has 206 valence electrons. The lowest BCUT2D eigenvalue weighted by atomic mass is 9.84.